The van der Waals surface area contributed by atoms with Gasteiger partial charge in [0.05, 0.1) is 0 Å². The first-order valence-corrected chi connectivity index (χ1v) is 4.53. The molecule has 0 saturated carbocycles. The van der Waals surface area contributed by atoms with Crippen LogP contribution < -0.4 is 5.73 Å². The van der Waals surface area contributed by atoms with Gasteiger partial charge in [-0.05, 0) is 24.3 Å². The number of rotatable bonds is 1. The van der Waals surface area contributed by atoms with Gasteiger partial charge in [0, 0.05) is 10.6 Å². The zero-order valence-corrected chi connectivity index (χ0v) is 8.32. The van der Waals surface area contributed by atoms with Gasteiger partial charge in [0.15, 0.2) is 5.76 Å². The number of aromatic hydroxyl groups is 2. The Bertz CT molecular complexity index is 490. The number of hydrogen-bond acceptors (Lipinski definition) is 4. The van der Waals surface area contributed by atoms with Gasteiger partial charge in [-0.1, -0.05) is 11.6 Å². The number of furan rings is 1. The van der Waals surface area contributed by atoms with Crippen molar-refractivity contribution in [1.82, 2.24) is 0 Å². The average Bonchev–Trinajstić information content (AvgIpc) is 2.47. The fourth-order valence-electron chi connectivity index (χ4n) is 1.23. The fraction of sp³-hybridized carbons (Fsp3) is 0. The SMILES string of the molecule is Nc1oc(-c2ccc(Cl)cc2)c(O)c1O. The van der Waals surface area contributed by atoms with Crippen molar-refractivity contribution in [2.45, 2.75) is 0 Å². The number of halogens is 1. The number of nitrogens with two attached hydrogens (primary N) is 1. The Balaban J connectivity index is 2.54. The van der Waals surface area contributed by atoms with Gasteiger partial charge in [0.2, 0.25) is 17.4 Å². The Hall–Kier alpha value is -1.81. The summed E-state index contributed by atoms with van der Waals surface area (Å²) in [6, 6.07) is 6.59. The van der Waals surface area contributed by atoms with Crippen LogP contribution in [-0.4, -0.2) is 10.2 Å². The van der Waals surface area contributed by atoms with E-state index in [1.807, 2.05) is 0 Å². The molecule has 0 unspecified atom stereocenters. The van der Waals surface area contributed by atoms with E-state index in [0.29, 0.717) is 10.6 Å². The summed E-state index contributed by atoms with van der Waals surface area (Å²) in [5.41, 5.74) is 5.89. The van der Waals surface area contributed by atoms with E-state index in [4.69, 9.17) is 21.8 Å². The summed E-state index contributed by atoms with van der Waals surface area (Å²) in [5.74, 6) is -0.895. The lowest BCUT2D eigenvalue weighted by atomic mass is 10.1. The Morgan fingerprint density at radius 3 is 2.13 bits per heavy atom. The molecule has 0 aliphatic carbocycles. The van der Waals surface area contributed by atoms with Gasteiger partial charge >= 0.3 is 0 Å². The number of nitrogen functional groups attached to an aromatic ring is 1. The maximum Gasteiger partial charge on any atom is 0.237 e. The first-order chi connectivity index (χ1) is 7.09. The molecule has 78 valence electrons. The number of anilines is 1. The third-order valence-electron chi connectivity index (χ3n) is 1.99. The maximum absolute atomic E-state index is 9.48. The molecule has 0 aliphatic rings. The minimum absolute atomic E-state index is 0.127. The molecule has 4 nitrogen and oxygen atoms in total. The highest BCUT2D eigenvalue weighted by Gasteiger charge is 2.18. The second-order valence-electron chi connectivity index (χ2n) is 3.00. The zero-order chi connectivity index (χ0) is 11.0. The summed E-state index contributed by atoms with van der Waals surface area (Å²) in [7, 11) is 0. The Labute approximate surface area is 90.5 Å². The van der Waals surface area contributed by atoms with E-state index in [1.165, 1.54) is 0 Å². The van der Waals surface area contributed by atoms with Crippen molar-refractivity contribution in [2.75, 3.05) is 5.73 Å². The van der Waals surface area contributed by atoms with E-state index in [9.17, 15) is 10.2 Å². The molecule has 0 fully saturated rings. The largest absolute Gasteiger partial charge is 0.502 e. The molecular formula is C10H8ClNO3. The molecule has 2 aromatic rings. The smallest absolute Gasteiger partial charge is 0.237 e. The van der Waals surface area contributed by atoms with E-state index in [-0.39, 0.29) is 17.4 Å². The highest BCUT2D eigenvalue weighted by atomic mass is 35.5. The first-order valence-electron chi connectivity index (χ1n) is 4.15. The molecule has 2 rings (SSSR count). The lowest BCUT2D eigenvalue weighted by Crippen LogP contribution is -1.78. The molecule has 4 N–H and O–H groups in total. The topological polar surface area (TPSA) is 79.6 Å². The molecule has 0 amide bonds. The normalized spacial score (nSPS) is 10.5. The summed E-state index contributed by atoms with van der Waals surface area (Å²) in [6.07, 6.45) is 0. The first kappa shape index (κ1) is 9.73. The zero-order valence-electron chi connectivity index (χ0n) is 7.57. The van der Waals surface area contributed by atoms with E-state index in [2.05, 4.69) is 0 Å². The standard InChI is InChI=1S/C10H8ClNO3/c11-6-3-1-5(2-4-6)9-7(13)8(14)10(12)15-9/h1-4,13-14H,12H2. The summed E-state index contributed by atoms with van der Waals surface area (Å²) in [5, 5.41) is 19.3. The van der Waals surface area contributed by atoms with Gasteiger partial charge in [0.1, 0.15) is 0 Å². The van der Waals surface area contributed by atoms with Crippen LogP contribution in [-0.2, 0) is 0 Å². The molecule has 0 spiro atoms. The van der Waals surface area contributed by atoms with Crippen LogP contribution in [0.5, 0.6) is 11.5 Å². The molecule has 0 bridgehead atoms. The summed E-state index contributed by atoms with van der Waals surface area (Å²) in [6.45, 7) is 0. The highest BCUT2D eigenvalue weighted by Crippen LogP contribution is 2.43. The van der Waals surface area contributed by atoms with Crippen molar-refractivity contribution in [3.8, 4) is 22.8 Å². The van der Waals surface area contributed by atoms with Crippen LogP contribution in [0.2, 0.25) is 5.02 Å². The Morgan fingerprint density at radius 1 is 1.07 bits per heavy atom. The van der Waals surface area contributed by atoms with Gasteiger partial charge in [-0.25, -0.2) is 0 Å². The average molecular weight is 226 g/mol. The van der Waals surface area contributed by atoms with Gasteiger partial charge in [-0.2, -0.15) is 0 Å². The van der Waals surface area contributed by atoms with Crippen LogP contribution in [0.15, 0.2) is 28.7 Å². The Kier molecular flexibility index (Phi) is 2.21. The van der Waals surface area contributed by atoms with E-state index in [0.717, 1.165) is 0 Å². The molecule has 1 aromatic carbocycles. The van der Waals surface area contributed by atoms with Gasteiger partial charge in [0.25, 0.3) is 0 Å². The van der Waals surface area contributed by atoms with Crippen molar-refractivity contribution < 1.29 is 14.6 Å². The highest BCUT2D eigenvalue weighted by molar-refractivity contribution is 6.30. The molecule has 0 atom stereocenters. The molecule has 5 heteroatoms. The number of hydrogen-bond donors (Lipinski definition) is 3. The van der Waals surface area contributed by atoms with E-state index < -0.39 is 5.75 Å². The minimum atomic E-state index is -0.444. The third-order valence-corrected chi connectivity index (χ3v) is 2.24. The Morgan fingerprint density at radius 2 is 1.67 bits per heavy atom. The fourth-order valence-corrected chi connectivity index (χ4v) is 1.35. The van der Waals surface area contributed by atoms with E-state index in [1.54, 1.807) is 24.3 Å². The maximum atomic E-state index is 9.48. The summed E-state index contributed by atoms with van der Waals surface area (Å²) >= 11 is 5.71. The molecule has 15 heavy (non-hydrogen) atoms. The predicted molar refractivity (Wildman–Crippen MR) is 56.9 cm³/mol. The van der Waals surface area contributed by atoms with Crippen molar-refractivity contribution >= 4 is 17.5 Å². The van der Waals surface area contributed by atoms with Gasteiger partial charge < -0.3 is 20.4 Å². The van der Waals surface area contributed by atoms with Crippen molar-refractivity contribution in [2.24, 2.45) is 0 Å². The number of benzene rings is 1. The van der Waals surface area contributed by atoms with E-state index >= 15 is 0 Å². The molecule has 0 aliphatic heterocycles. The van der Waals surface area contributed by atoms with Crippen molar-refractivity contribution in [3.63, 3.8) is 0 Å². The minimum Gasteiger partial charge on any atom is -0.502 e. The predicted octanol–water partition coefficient (Wildman–Crippen LogP) is 2.59. The van der Waals surface area contributed by atoms with Crippen LogP contribution in [0.25, 0.3) is 11.3 Å². The van der Waals surface area contributed by atoms with Crippen molar-refractivity contribution in [3.05, 3.63) is 29.3 Å². The third kappa shape index (κ3) is 1.59. The van der Waals surface area contributed by atoms with Crippen LogP contribution in [0, 0.1) is 0 Å². The van der Waals surface area contributed by atoms with Crippen LogP contribution in [0.4, 0.5) is 5.88 Å². The monoisotopic (exact) mass is 225 g/mol. The quantitative estimate of drug-likeness (QED) is 0.697. The van der Waals surface area contributed by atoms with Gasteiger partial charge in [-0.15, -0.1) is 0 Å². The van der Waals surface area contributed by atoms with Gasteiger partial charge in [-0.3, -0.25) is 0 Å². The molecular weight excluding hydrogens is 218 g/mol. The second-order valence-corrected chi connectivity index (χ2v) is 3.44. The molecule has 0 saturated heterocycles. The molecule has 1 aromatic heterocycles. The summed E-state index contributed by atoms with van der Waals surface area (Å²) in [4.78, 5) is 0. The van der Waals surface area contributed by atoms with Crippen LogP contribution in [0.3, 0.4) is 0 Å². The lowest BCUT2D eigenvalue weighted by molar-refractivity contribution is 0.410. The van der Waals surface area contributed by atoms with Crippen molar-refractivity contribution in [1.29, 1.82) is 0 Å². The lowest BCUT2D eigenvalue weighted by Gasteiger charge is -1.97. The summed E-state index contributed by atoms with van der Waals surface area (Å²) < 4.78 is 5.01. The molecule has 1 heterocycles. The van der Waals surface area contributed by atoms with Crippen LogP contribution in [0.1, 0.15) is 0 Å². The molecule has 0 radical (unpaired) electrons. The van der Waals surface area contributed by atoms with Crippen LogP contribution >= 0.6 is 11.6 Å². The second kappa shape index (κ2) is 3.40.